The average molecular weight is 218 g/mol. The maximum absolute atomic E-state index is 4.54. The molecule has 1 heterocycles. The summed E-state index contributed by atoms with van der Waals surface area (Å²) in [5.41, 5.74) is 3.56. The van der Waals surface area contributed by atoms with Crippen molar-refractivity contribution in [3.63, 3.8) is 0 Å². The third-order valence-electron chi connectivity index (χ3n) is 2.34. The minimum absolute atomic E-state index is 0.975. The van der Waals surface area contributed by atoms with E-state index in [9.17, 15) is 0 Å². The van der Waals surface area contributed by atoms with Crippen molar-refractivity contribution in [2.45, 2.75) is 13.8 Å². The molecular weight excluding hydrogens is 204 g/mol. The van der Waals surface area contributed by atoms with Crippen LogP contribution in [0.15, 0.2) is 24.3 Å². The predicted molar refractivity (Wildman–Crippen MR) is 66.6 cm³/mol. The number of anilines is 1. The van der Waals surface area contributed by atoms with Crippen LogP contribution in [0.25, 0.3) is 11.3 Å². The second kappa shape index (κ2) is 4.03. The largest absolute Gasteiger partial charge is 0.365 e. The summed E-state index contributed by atoms with van der Waals surface area (Å²) >= 11 is 1.69. The average Bonchev–Trinajstić information content (AvgIpc) is 2.61. The van der Waals surface area contributed by atoms with Crippen molar-refractivity contribution < 1.29 is 0 Å². The second-order valence-electron chi connectivity index (χ2n) is 3.54. The Morgan fingerprint density at radius 2 is 1.80 bits per heavy atom. The normalized spacial score (nSPS) is 10.3. The van der Waals surface area contributed by atoms with E-state index in [0.29, 0.717) is 0 Å². The van der Waals surface area contributed by atoms with Gasteiger partial charge in [-0.1, -0.05) is 29.8 Å². The highest BCUT2D eigenvalue weighted by molar-refractivity contribution is 7.15. The summed E-state index contributed by atoms with van der Waals surface area (Å²) in [4.78, 5) is 5.79. The molecule has 0 saturated heterocycles. The number of hydrogen-bond donors (Lipinski definition) is 1. The predicted octanol–water partition coefficient (Wildman–Crippen LogP) is 3.47. The molecule has 2 nitrogen and oxygen atoms in total. The lowest BCUT2D eigenvalue weighted by atomic mass is 10.1. The number of rotatable bonds is 2. The van der Waals surface area contributed by atoms with E-state index in [-0.39, 0.29) is 0 Å². The van der Waals surface area contributed by atoms with E-state index in [1.165, 1.54) is 16.0 Å². The third kappa shape index (κ3) is 2.02. The van der Waals surface area contributed by atoms with Gasteiger partial charge in [-0.15, -0.1) is 11.3 Å². The number of nitrogens with one attached hydrogen (secondary N) is 1. The van der Waals surface area contributed by atoms with Crippen LogP contribution in [-0.4, -0.2) is 12.0 Å². The van der Waals surface area contributed by atoms with Gasteiger partial charge in [0.1, 0.15) is 0 Å². The van der Waals surface area contributed by atoms with E-state index in [1.807, 2.05) is 7.05 Å². The van der Waals surface area contributed by atoms with Crippen LogP contribution in [0.2, 0.25) is 0 Å². The second-order valence-corrected chi connectivity index (χ2v) is 4.74. The van der Waals surface area contributed by atoms with Gasteiger partial charge in [0.2, 0.25) is 0 Å². The number of aryl methyl sites for hydroxylation is 2. The first-order valence-corrected chi connectivity index (χ1v) is 5.74. The molecule has 1 aromatic heterocycles. The standard InChI is InChI=1S/C12H14N2S/c1-8-4-6-10(7-5-8)11-9(2)15-12(13-3)14-11/h4-7H,1-3H3,(H,13,14). The molecule has 2 aromatic rings. The fourth-order valence-electron chi connectivity index (χ4n) is 1.48. The Bertz CT molecular complexity index is 457. The number of aromatic nitrogens is 1. The Morgan fingerprint density at radius 1 is 1.13 bits per heavy atom. The van der Waals surface area contributed by atoms with Gasteiger partial charge in [-0.3, -0.25) is 0 Å². The molecule has 0 spiro atoms. The molecule has 0 aliphatic heterocycles. The van der Waals surface area contributed by atoms with E-state index in [0.717, 1.165) is 10.8 Å². The molecule has 15 heavy (non-hydrogen) atoms. The molecule has 1 aromatic carbocycles. The molecule has 3 heteroatoms. The summed E-state index contributed by atoms with van der Waals surface area (Å²) < 4.78 is 0. The first-order chi connectivity index (χ1) is 7.20. The van der Waals surface area contributed by atoms with Gasteiger partial charge in [-0.05, 0) is 13.8 Å². The van der Waals surface area contributed by atoms with Gasteiger partial charge in [0.25, 0.3) is 0 Å². The zero-order chi connectivity index (χ0) is 10.8. The number of thiazole rings is 1. The monoisotopic (exact) mass is 218 g/mol. The van der Waals surface area contributed by atoms with Crippen LogP contribution >= 0.6 is 11.3 Å². The Morgan fingerprint density at radius 3 is 2.33 bits per heavy atom. The van der Waals surface area contributed by atoms with Crippen LogP contribution in [0.3, 0.4) is 0 Å². The lowest BCUT2D eigenvalue weighted by Gasteiger charge is -1.98. The molecule has 0 saturated carbocycles. The maximum Gasteiger partial charge on any atom is 0.183 e. The summed E-state index contributed by atoms with van der Waals surface area (Å²) in [6.45, 7) is 4.20. The highest BCUT2D eigenvalue weighted by atomic mass is 32.1. The summed E-state index contributed by atoms with van der Waals surface area (Å²) in [5, 5.41) is 4.05. The van der Waals surface area contributed by atoms with Crippen molar-refractivity contribution in [3.8, 4) is 11.3 Å². The zero-order valence-electron chi connectivity index (χ0n) is 9.16. The maximum atomic E-state index is 4.54. The zero-order valence-corrected chi connectivity index (χ0v) is 9.98. The molecule has 0 fully saturated rings. The SMILES string of the molecule is CNc1nc(-c2ccc(C)cc2)c(C)s1. The molecule has 0 radical (unpaired) electrons. The van der Waals surface area contributed by atoms with Crippen LogP contribution in [0.1, 0.15) is 10.4 Å². The van der Waals surface area contributed by atoms with Crippen LogP contribution in [0, 0.1) is 13.8 Å². The van der Waals surface area contributed by atoms with Crippen molar-refractivity contribution in [3.05, 3.63) is 34.7 Å². The fourth-order valence-corrected chi connectivity index (χ4v) is 2.27. The van der Waals surface area contributed by atoms with E-state index in [4.69, 9.17) is 0 Å². The molecule has 0 atom stereocenters. The number of nitrogens with zero attached hydrogens (tertiary/aromatic N) is 1. The molecule has 0 aliphatic rings. The van der Waals surface area contributed by atoms with Gasteiger partial charge < -0.3 is 5.32 Å². The Balaban J connectivity index is 2.44. The molecule has 0 amide bonds. The van der Waals surface area contributed by atoms with Gasteiger partial charge >= 0.3 is 0 Å². The van der Waals surface area contributed by atoms with Crippen molar-refractivity contribution in [1.29, 1.82) is 0 Å². The molecule has 0 unspecified atom stereocenters. The van der Waals surface area contributed by atoms with Crippen molar-refractivity contribution in [2.75, 3.05) is 12.4 Å². The van der Waals surface area contributed by atoms with E-state index < -0.39 is 0 Å². The lowest BCUT2D eigenvalue weighted by Crippen LogP contribution is -1.86. The van der Waals surface area contributed by atoms with Crippen LogP contribution in [0.5, 0.6) is 0 Å². The van der Waals surface area contributed by atoms with Crippen LogP contribution in [-0.2, 0) is 0 Å². The van der Waals surface area contributed by atoms with Gasteiger partial charge in [-0.25, -0.2) is 4.98 Å². The Hall–Kier alpha value is -1.35. The summed E-state index contributed by atoms with van der Waals surface area (Å²) in [5.74, 6) is 0. The molecule has 1 N–H and O–H groups in total. The first kappa shape index (κ1) is 10.2. The summed E-state index contributed by atoms with van der Waals surface area (Å²) in [7, 11) is 1.90. The lowest BCUT2D eigenvalue weighted by molar-refractivity contribution is 1.34. The topological polar surface area (TPSA) is 24.9 Å². The summed E-state index contributed by atoms with van der Waals surface area (Å²) in [6, 6.07) is 8.48. The highest BCUT2D eigenvalue weighted by Crippen LogP contribution is 2.29. The molecule has 0 aliphatic carbocycles. The van der Waals surface area contributed by atoms with Gasteiger partial charge in [0.05, 0.1) is 5.69 Å². The fraction of sp³-hybridized carbons (Fsp3) is 0.250. The van der Waals surface area contributed by atoms with E-state index in [2.05, 4.69) is 48.4 Å². The van der Waals surface area contributed by atoms with E-state index >= 15 is 0 Å². The van der Waals surface area contributed by atoms with Crippen molar-refractivity contribution in [1.82, 2.24) is 4.98 Å². The first-order valence-electron chi connectivity index (χ1n) is 4.93. The number of benzene rings is 1. The molecule has 2 rings (SSSR count). The van der Waals surface area contributed by atoms with Gasteiger partial charge in [0.15, 0.2) is 5.13 Å². The van der Waals surface area contributed by atoms with Gasteiger partial charge in [0, 0.05) is 17.5 Å². The Kier molecular flexibility index (Phi) is 2.73. The van der Waals surface area contributed by atoms with Crippen LogP contribution < -0.4 is 5.32 Å². The smallest absolute Gasteiger partial charge is 0.183 e. The molecular formula is C12H14N2S. The van der Waals surface area contributed by atoms with Crippen LogP contribution in [0.4, 0.5) is 5.13 Å². The van der Waals surface area contributed by atoms with Crippen molar-refractivity contribution >= 4 is 16.5 Å². The summed E-state index contributed by atoms with van der Waals surface area (Å²) in [6.07, 6.45) is 0. The van der Waals surface area contributed by atoms with Gasteiger partial charge in [-0.2, -0.15) is 0 Å². The minimum Gasteiger partial charge on any atom is -0.365 e. The molecule has 0 bridgehead atoms. The highest BCUT2D eigenvalue weighted by Gasteiger charge is 2.08. The van der Waals surface area contributed by atoms with Crippen molar-refractivity contribution in [2.24, 2.45) is 0 Å². The van der Waals surface area contributed by atoms with E-state index in [1.54, 1.807) is 11.3 Å². The molecule has 78 valence electrons. The minimum atomic E-state index is 0.975. The quantitative estimate of drug-likeness (QED) is 0.835. The Labute approximate surface area is 94.0 Å². The third-order valence-corrected chi connectivity index (χ3v) is 3.32. The number of hydrogen-bond acceptors (Lipinski definition) is 3.